The molecule has 2 nitrogen and oxygen atoms in total. The number of benzene rings is 1. The number of aromatic nitrogens is 1. The molecule has 2 aromatic rings. The lowest BCUT2D eigenvalue weighted by molar-refractivity contribution is 1.11. The van der Waals surface area contributed by atoms with Crippen LogP contribution in [0.1, 0.15) is 5.56 Å². The number of nitrogens with one attached hydrogen (secondary N) is 1. The van der Waals surface area contributed by atoms with E-state index in [-0.39, 0.29) is 0 Å². The van der Waals surface area contributed by atoms with Crippen molar-refractivity contribution >= 4 is 33.3 Å². The predicted octanol–water partition coefficient (Wildman–Crippen LogP) is 4.11. The van der Waals surface area contributed by atoms with Gasteiger partial charge in [-0.15, -0.1) is 0 Å². The highest BCUT2D eigenvalue weighted by Gasteiger charge is 1.95. The highest BCUT2D eigenvalue weighted by molar-refractivity contribution is 9.10. The van der Waals surface area contributed by atoms with Gasteiger partial charge >= 0.3 is 0 Å². The van der Waals surface area contributed by atoms with E-state index in [1.54, 1.807) is 6.20 Å². The molecule has 1 aromatic carbocycles. The molecule has 1 N–H and O–H groups in total. The first-order chi connectivity index (χ1) is 7.74. The highest BCUT2D eigenvalue weighted by atomic mass is 79.9. The van der Waals surface area contributed by atoms with Crippen molar-refractivity contribution in [1.29, 1.82) is 0 Å². The van der Waals surface area contributed by atoms with E-state index in [2.05, 4.69) is 26.2 Å². The Morgan fingerprint density at radius 1 is 1.12 bits per heavy atom. The van der Waals surface area contributed by atoms with Gasteiger partial charge in [0.05, 0.1) is 0 Å². The van der Waals surface area contributed by atoms with Gasteiger partial charge in [0.15, 0.2) is 0 Å². The molecule has 0 spiro atoms. The van der Waals surface area contributed by atoms with Gasteiger partial charge in [-0.3, -0.25) is 0 Å². The van der Waals surface area contributed by atoms with E-state index in [4.69, 9.17) is 11.6 Å². The molecule has 0 radical (unpaired) electrons. The summed E-state index contributed by atoms with van der Waals surface area (Å²) in [5.74, 6) is 0.859. The SMILES string of the molecule is Clc1ccc(CNc2ccc(Br)cn2)cc1. The third-order valence-corrected chi connectivity index (χ3v) is 2.84. The molecule has 0 saturated heterocycles. The Morgan fingerprint density at radius 3 is 2.50 bits per heavy atom. The minimum absolute atomic E-state index is 0.742. The second-order valence-corrected chi connectivity index (χ2v) is 4.69. The minimum atomic E-state index is 0.742. The molecule has 4 heteroatoms. The summed E-state index contributed by atoms with van der Waals surface area (Å²) in [6, 6.07) is 11.6. The molecule has 1 aromatic heterocycles. The van der Waals surface area contributed by atoms with Gasteiger partial charge in [0, 0.05) is 22.2 Å². The fourth-order valence-corrected chi connectivity index (χ4v) is 1.64. The molecule has 0 fully saturated rings. The summed E-state index contributed by atoms with van der Waals surface area (Å²) in [4.78, 5) is 4.23. The molecule has 82 valence electrons. The van der Waals surface area contributed by atoms with Crippen LogP contribution in [0.5, 0.6) is 0 Å². The van der Waals surface area contributed by atoms with Gasteiger partial charge in [0.1, 0.15) is 5.82 Å². The molecule has 0 aliphatic carbocycles. The van der Waals surface area contributed by atoms with Crippen molar-refractivity contribution in [2.45, 2.75) is 6.54 Å². The van der Waals surface area contributed by atoms with Crippen molar-refractivity contribution < 1.29 is 0 Å². The lowest BCUT2D eigenvalue weighted by Gasteiger charge is -2.05. The smallest absolute Gasteiger partial charge is 0.126 e. The van der Waals surface area contributed by atoms with Crippen LogP contribution in [0.25, 0.3) is 0 Å². The third kappa shape index (κ3) is 3.22. The Kier molecular flexibility index (Phi) is 3.80. The Bertz CT molecular complexity index is 408. The Labute approximate surface area is 108 Å². The molecule has 0 saturated carbocycles. The number of hydrogen-bond donors (Lipinski definition) is 1. The van der Waals surface area contributed by atoms with Crippen molar-refractivity contribution in [2.75, 3.05) is 5.32 Å². The monoisotopic (exact) mass is 296 g/mol. The van der Waals surface area contributed by atoms with E-state index in [1.165, 1.54) is 5.56 Å². The van der Waals surface area contributed by atoms with Gasteiger partial charge in [-0.2, -0.15) is 0 Å². The number of anilines is 1. The van der Waals surface area contributed by atoms with Gasteiger partial charge in [0.25, 0.3) is 0 Å². The van der Waals surface area contributed by atoms with E-state index < -0.39 is 0 Å². The van der Waals surface area contributed by atoms with Crippen LogP contribution in [0.2, 0.25) is 5.02 Å². The standard InChI is InChI=1S/C12H10BrClN2/c13-10-3-6-12(16-8-10)15-7-9-1-4-11(14)5-2-9/h1-6,8H,7H2,(H,15,16). The average molecular weight is 298 g/mol. The zero-order valence-corrected chi connectivity index (χ0v) is 10.8. The fraction of sp³-hybridized carbons (Fsp3) is 0.0833. The number of rotatable bonds is 3. The average Bonchev–Trinajstić information content (AvgIpc) is 2.30. The highest BCUT2D eigenvalue weighted by Crippen LogP contribution is 2.13. The third-order valence-electron chi connectivity index (χ3n) is 2.11. The molecule has 16 heavy (non-hydrogen) atoms. The maximum Gasteiger partial charge on any atom is 0.126 e. The van der Waals surface area contributed by atoms with E-state index in [1.807, 2.05) is 36.4 Å². The lowest BCUT2D eigenvalue weighted by Crippen LogP contribution is -2.00. The second-order valence-electron chi connectivity index (χ2n) is 3.34. The topological polar surface area (TPSA) is 24.9 Å². The van der Waals surface area contributed by atoms with Crippen LogP contribution in [0.15, 0.2) is 47.1 Å². The number of pyridine rings is 1. The Hall–Kier alpha value is -1.06. The molecule has 0 atom stereocenters. The fourth-order valence-electron chi connectivity index (χ4n) is 1.28. The van der Waals surface area contributed by atoms with Crippen LogP contribution in [0, 0.1) is 0 Å². The van der Waals surface area contributed by atoms with Crippen molar-refractivity contribution in [3.63, 3.8) is 0 Å². The zero-order valence-electron chi connectivity index (χ0n) is 8.45. The summed E-state index contributed by atoms with van der Waals surface area (Å²) in [6.07, 6.45) is 1.77. The van der Waals surface area contributed by atoms with Crippen molar-refractivity contribution in [2.24, 2.45) is 0 Å². The van der Waals surface area contributed by atoms with Gasteiger partial charge in [0.2, 0.25) is 0 Å². The molecular formula is C12H10BrClN2. The quantitative estimate of drug-likeness (QED) is 0.922. The van der Waals surface area contributed by atoms with Crippen molar-refractivity contribution in [1.82, 2.24) is 4.98 Å². The predicted molar refractivity (Wildman–Crippen MR) is 70.7 cm³/mol. The van der Waals surface area contributed by atoms with Crippen LogP contribution in [-0.4, -0.2) is 4.98 Å². The minimum Gasteiger partial charge on any atom is -0.366 e. The van der Waals surface area contributed by atoms with Crippen molar-refractivity contribution in [3.8, 4) is 0 Å². The van der Waals surface area contributed by atoms with Crippen LogP contribution in [0.3, 0.4) is 0 Å². The summed E-state index contributed by atoms with van der Waals surface area (Å²) in [6.45, 7) is 0.742. The van der Waals surface area contributed by atoms with Gasteiger partial charge in [-0.25, -0.2) is 4.98 Å². The van der Waals surface area contributed by atoms with Crippen LogP contribution < -0.4 is 5.32 Å². The summed E-state index contributed by atoms with van der Waals surface area (Å²) in [5, 5.41) is 3.99. The molecule has 1 heterocycles. The van der Waals surface area contributed by atoms with E-state index >= 15 is 0 Å². The normalized spacial score (nSPS) is 10.1. The first-order valence-corrected chi connectivity index (χ1v) is 6.01. The van der Waals surface area contributed by atoms with E-state index in [0.29, 0.717) is 0 Å². The summed E-state index contributed by atoms with van der Waals surface area (Å²) < 4.78 is 0.976. The molecule has 2 rings (SSSR count). The van der Waals surface area contributed by atoms with Gasteiger partial charge < -0.3 is 5.32 Å². The van der Waals surface area contributed by atoms with Crippen LogP contribution >= 0.6 is 27.5 Å². The van der Waals surface area contributed by atoms with E-state index in [0.717, 1.165) is 21.9 Å². The Balaban J connectivity index is 1.97. The molecule has 0 aliphatic heterocycles. The maximum absolute atomic E-state index is 5.81. The molecule has 0 aliphatic rings. The summed E-state index contributed by atoms with van der Waals surface area (Å²) >= 11 is 9.15. The first-order valence-electron chi connectivity index (χ1n) is 4.84. The van der Waals surface area contributed by atoms with E-state index in [9.17, 15) is 0 Å². The van der Waals surface area contributed by atoms with Crippen LogP contribution in [-0.2, 0) is 6.54 Å². The molecule has 0 amide bonds. The lowest BCUT2D eigenvalue weighted by atomic mass is 10.2. The number of halogens is 2. The molecule has 0 bridgehead atoms. The van der Waals surface area contributed by atoms with Gasteiger partial charge in [-0.1, -0.05) is 23.7 Å². The number of hydrogen-bond acceptors (Lipinski definition) is 2. The Morgan fingerprint density at radius 2 is 1.88 bits per heavy atom. The number of nitrogens with zero attached hydrogens (tertiary/aromatic N) is 1. The largest absolute Gasteiger partial charge is 0.366 e. The van der Waals surface area contributed by atoms with Crippen LogP contribution in [0.4, 0.5) is 5.82 Å². The summed E-state index contributed by atoms with van der Waals surface area (Å²) in [7, 11) is 0. The second kappa shape index (κ2) is 5.32. The van der Waals surface area contributed by atoms with Crippen molar-refractivity contribution in [3.05, 3.63) is 57.7 Å². The zero-order chi connectivity index (χ0) is 11.4. The first kappa shape index (κ1) is 11.4. The summed E-state index contributed by atoms with van der Waals surface area (Å²) in [5.41, 5.74) is 1.18. The molecular weight excluding hydrogens is 288 g/mol. The van der Waals surface area contributed by atoms with Gasteiger partial charge in [-0.05, 0) is 45.8 Å². The molecule has 0 unspecified atom stereocenters. The maximum atomic E-state index is 5.81.